The first-order chi connectivity index (χ1) is 2.77. The van der Waals surface area contributed by atoms with Gasteiger partial charge >= 0.3 is 0 Å². The van der Waals surface area contributed by atoms with Gasteiger partial charge < -0.3 is 0 Å². The van der Waals surface area contributed by atoms with Crippen molar-refractivity contribution in [3.63, 3.8) is 0 Å². The van der Waals surface area contributed by atoms with Crippen LogP contribution >= 0.6 is 28.6 Å². The predicted molar refractivity (Wildman–Crippen MR) is 35.2 cm³/mol. The van der Waals surface area contributed by atoms with Gasteiger partial charge in [0.2, 0.25) is 0 Å². The van der Waals surface area contributed by atoms with Gasteiger partial charge in [-0.05, 0) is 11.8 Å². The molecule has 0 saturated carbocycles. The molecule has 0 fully saturated rings. The highest BCUT2D eigenvalue weighted by molar-refractivity contribution is 9.12. The third-order valence-electron chi connectivity index (χ3n) is 0.263. The van der Waals surface area contributed by atoms with Crippen molar-refractivity contribution in [2.24, 2.45) is 0 Å². The van der Waals surface area contributed by atoms with E-state index < -0.39 is 0 Å². The summed E-state index contributed by atoms with van der Waals surface area (Å²) in [6, 6.07) is 0. The Labute approximate surface area is 51.9 Å². The van der Waals surface area contributed by atoms with Crippen LogP contribution in [0.5, 0.6) is 0 Å². The number of thiol groups is 1. The number of hydrogen-bond acceptors (Lipinski definition) is 1. The van der Waals surface area contributed by atoms with Crippen molar-refractivity contribution in [2.75, 3.05) is 0 Å². The monoisotopic (exact) mass is 164 g/mol. The summed E-state index contributed by atoms with van der Waals surface area (Å²) in [7, 11) is 0. The van der Waals surface area contributed by atoms with Gasteiger partial charge in [-0.3, -0.25) is 0 Å². The second-order valence-electron chi connectivity index (χ2n) is 0.915. The Morgan fingerprint density at radius 1 is 1.83 bits per heavy atom. The van der Waals surface area contributed by atoms with E-state index in [4.69, 9.17) is 0 Å². The quantitative estimate of drug-likeness (QED) is 0.409. The minimum atomic E-state index is 0.185. The molecule has 0 aromatic carbocycles. The molecule has 0 amide bonds. The van der Waals surface area contributed by atoms with Gasteiger partial charge in [-0.25, -0.2) is 0 Å². The van der Waals surface area contributed by atoms with Gasteiger partial charge in [-0.2, -0.15) is 12.6 Å². The molecule has 0 radical (unpaired) electrons. The molecule has 2 heteroatoms. The molecule has 0 aromatic rings. The summed E-state index contributed by atoms with van der Waals surface area (Å²) >= 11 is 6.91. The first-order valence-electron chi connectivity index (χ1n) is 1.56. The molecule has 0 nitrogen and oxygen atoms in total. The Morgan fingerprint density at radius 2 is 2.33 bits per heavy atom. The first kappa shape index (κ1) is 6.39. The van der Waals surface area contributed by atoms with Crippen LogP contribution in [0.25, 0.3) is 0 Å². The summed E-state index contributed by atoms with van der Waals surface area (Å²) in [5, 5.41) is 0.185. The molecule has 34 valence electrons. The van der Waals surface area contributed by atoms with E-state index >= 15 is 0 Å². The minimum Gasteiger partial charge on any atom is -0.163 e. The maximum atomic E-state index is 3.97. The fourth-order valence-electron chi connectivity index (χ4n) is 0.0790. The van der Waals surface area contributed by atoms with Crippen molar-refractivity contribution < 1.29 is 0 Å². The zero-order chi connectivity index (χ0) is 4.99. The molecule has 0 bridgehead atoms. The Hall–Kier alpha value is 0.390. The Morgan fingerprint density at radius 3 is 2.33 bits per heavy atom. The molecular formula is C4H5BrS. The molecule has 0 aliphatic rings. The molecule has 0 aliphatic carbocycles. The van der Waals surface area contributed by atoms with Gasteiger partial charge in [-0.1, -0.05) is 5.92 Å². The molecular weight excluding hydrogens is 160 g/mol. The van der Waals surface area contributed by atoms with E-state index in [0.717, 1.165) is 0 Å². The Balaban J connectivity index is 3.20. The van der Waals surface area contributed by atoms with Crippen LogP contribution in [0.15, 0.2) is 0 Å². The third-order valence-corrected chi connectivity index (χ3v) is 0.621. The summed E-state index contributed by atoms with van der Waals surface area (Å²) < 4.78 is 0. The molecule has 0 aliphatic heterocycles. The van der Waals surface area contributed by atoms with Crippen LogP contribution in [0.4, 0.5) is 0 Å². The summed E-state index contributed by atoms with van der Waals surface area (Å²) in [5.41, 5.74) is 0. The van der Waals surface area contributed by atoms with E-state index in [2.05, 4.69) is 39.3 Å². The van der Waals surface area contributed by atoms with Crippen molar-refractivity contribution in [3.8, 4) is 10.8 Å². The van der Waals surface area contributed by atoms with Crippen molar-refractivity contribution in [1.82, 2.24) is 0 Å². The van der Waals surface area contributed by atoms with Crippen LogP contribution in [0, 0.1) is 10.8 Å². The fourth-order valence-corrected chi connectivity index (χ4v) is 0.664. The molecule has 0 rings (SSSR count). The van der Waals surface area contributed by atoms with Gasteiger partial charge in [-0.15, -0.1) is 0 Å². The van der Waals surface area contributed by atoms with Crippen LogP contribution < -0.4 is 0 Å². The predicted octanol–water partition coefficient (Wildman–Crippen LogP) is 1.66. The lowest BCUT2D eigenvalue weighted by molar-refractivity contribution is 1.32. The van der Waals surface area contributed by atoms with Crippen LogP contribution in [-0.2, 0) is 0 Å². The molecule has 0 aromatic heterocycles. The number of halogens is 1. The third kappa shape index (κ3) is 4.39. The summed E-state index contributed by atoms with van der Waals surface area (Å²) in [5.74, 6) is 2.74. The highest BCUT2D eigenvalue weighted by Gasteiger charge is 1.77. The highest BCUT2D eigenvalue weighted by atomic mass is 79.9. The molecule has 1 atom stereocenters. The maximum Gasteiger partial charge on any atom is 0.0607 e. The largest absolute Gasteiger partial charge is 0.163 e. The van der Waals surface area contributed by atoms with Gasteiger partial charge in [0.1, 0.15) is 0 Å². The average molecular weight is 165 g/mol. The van der Waals surface area contributed by atoms with E-state index in [1.165, 1.54) is 0 Å². The fraction of sp³-hybridized carbons (Fsp3) is 0.500. The van der Waals surface area contributed by atoms with Crippen molar-refractivity contribution in [1.29, 1.82) is 0 Å². The van der Waals surface area contributed by atoms with Gasteiger partial charge in [0.25, 0.3) is 0 Å². The SMILES string of the molecule is CC(S)C#CBr. The average Bonchev–Trinajstić information content (AvgIpc) is 1.35. The van der Waals surface area contributed by atoms with E-state index in [0.29, 0.717) is 0 Å². The number of rotatable bonds is 0. The molecule has 1 unspecified atom stereocenters. The van der Waals surface area contributed by atoms with E-state index in [1.807, 2.05) is 6.92 Å². The van der Waals surface area contributed by atoms with Crippen LogP contribution in [-0.4, -0.2) is 5.25 Å². The van der Waals surface area contributed by atoms with E-state index in [-0.39, 0.29) is 5.25 Å². The van der Waals surface area contributed by atoms with Crippen LogP contribution in [0.1, 0.15) is 6.92 Å². The summed E-state index contributed by atoms with van der Waals surface area (Å²) in [4.78, 5) is 2.55. The lowest BCUT2D eigenvalue weighted by atomic mass is 10.5. The van der Waals surface area contributed by atoms with Gasteiger partial charge in [0.15, 0.2) is 0 Å². The normalized spacial score (nSPS) is 11.8. The summed E-state index contributed by atoms with van der Waals surface area (Å²) in [6.45, 7) is 1.91. The molecule has 0 saturated heterocycles. The minimum absolute atomic E-state index is 0.185. The number of hydrogen-bond donors (Lipinski definition) is 1. The van der Waals surface area contributed by atoms with Crippen LogP contribution in [0.2, 0.25) is 0 Å². The zero-order valence-corrected chi connectivity index (χ0v) is 5.88. The Bertz CT molecular complexity index is 77.3. The smallest absolute Gasteiger partial charge is 0.0607 e. The topological polar surface area (TPSA) is 0 Å². The first-order valence-corrected chi connectivity index (χ1v) is 2.87. The molecule has 6 heavy (non-hydrogen) atoms. The molecule has 0 heterocycles. The lowest BCUT2D eigenvalue weighted by Gasteiger charge is -1.80. The Kier molecular flexibility index (Phi) is 3.81. The van der Waals surface area contributed by atoms with Gasteiger partial charge in [0, 0.05) is 15.9 Å². The second-order valence-corrected chi connectivity index (χ2v) is 2.09. The standard InChI is InChI=1S/C4H5BrS/c1-4(6)2-3-5/h4,6H,1H3. The highest BCUT2D eigenvalue weighted by Crippen LogP contribution is 1.87. The zero-order valence-electron chi connectivity index (χ0n) is 3.40. The van der Waals surface area contributed by atoms with Crippen molar-refractivity contribution in [3.05, 3.63) is 0 Å². The van der Waals surface area contributed by atoms with E-state index in [1.54, 1.807) is 0 Å². The van der Waals surface area contributed by atoms with Gasteiger partial charge in [0.05, 0.1) is 5.25 Å². The molecule has 0 spiro atoms. The van der Waals surface area contributed by atoms with Crippen LogP contribution in [0.3, 0.4) is 0 Å². The lowest BCUT2D eigenvalue weighted by Crippen LogP contribution is -1.78. The molecule has 0 N–H and O–H groups in total. The van der Waals surface area contributed by atoms with Crippen molar-refractivity contribution in [2.45, 2.75) is 12.2 Å². The summed E-state index contributed by atoms with van der Waals surface area (Å²) in [6.07, 6.45) is 0. The van der Waals surface area contributed by atoms with E-state index in [9.17, 15) is 0 Å². The van der Waals surface area contributed by atoms with Crippen molar-refractivity contribution >= 4 is 28.6 Å². The maximum absolute atomic E-state index is 3.97. The second kappa shape index (κ2) is 3.58.